The summed E-state index contributed by atoms with van der Waals surface area (Å²) in [5.74, 6) is -0.401. The van der Waals surface area contributed by atoms with Gasteiger partial charge in [0.2, 0.25) is 0 Å². The predicted octanol–water partition coefficient (Wildman–Crippen LogP) is 3.34. The number of halogens is 3. The molecule has 13 heavy (non-hydrogen) atoms. The zero-order chi connectivity index (χ0) is 9.84. The van der Waals surface area contributed by atoms with E-state index in [4.69, 9.17) is 11.6 Å². The van der Waals surface area contributed by atoms with E-state index >= 15 is 0 Å². The highest BCUT2D eigenvalue weighted by Gasteiger charge is 2.12. The molecule has 0 saturated heterocycles. The van der Waals surface area contributed by atoms with E-state index < -0.39 is 11.9 Å². The van der Waals surface area contributed by atoms with E-state index in [0.29, 0.717) is 11.4 Å². The van der Waals surface area contributed by atoms with Crippen molar-refractivity contribution < 1.29 is 9.50 Å². The fourth-order valence-corrected chi connectivity index (χ4v) is 1.80. The molecule has 1 nitrogen and oxygen atoms in total. The average molecular weight is 315 g/mol. The van der Waals surface area contributed by atoms with Gasteiger partial charge in [0.05, 0.1) is 6.10 Å². The molecule has 0 saturated carbocycles. The van der Waals surface area contributed by atoms with Crippen LogP contribution in [0, 0.1) is 5.82 Å². The molecule has 4 heteroatoms. The van der Waals surface area contributed by atoms with Crippen LogP contribution >= 0.6 is 34.2 Å². The maximum Gasteiger partial charge on any atom is 0.129 e. The molecule has 1 aromatic carbocycles. The van der Waals surface area contributed by atoms with E-state index in [9.17, 15) is 9.50 Å². The van der Waals surface area contributed by atoms with Crippen LogP contribution in [0.4, 0.5) is 4.39 Å². The number of hydrogen-bond acceptors (Lipinski definition) is 1. The van der Waals surface area contributed by atoms with Crippen LogP contribution < -0.4 is 0 Å². The lowest BCUT2D eigenvalue weighted by molar-refractivity contribution is 0.171. The summed E-state index contributed by atoms with van der Waals surface area (Å²) < 4.78 is 13.9. The molecular formula is C9H9ClFIO. The van der Waals surface area contributed by atoms with Gasteiger partial charge in [-0.05, 0) is 24.6 Å². The number of rotatable bonds is 3. The molecule has 0 heterocycles. The Bertz CT molecular complexity index is 293. The van der Waals surface area contributed by atoms with Crippen molar-refractivity contribution in [3.63, 3.8) is 0 Å². The van der Waals surface area contributed by atoms with E-state index in [1.165, 1.54) is 18.2 Å². The van der Waals surface area contributed by atoms with Crippen LogP contribution in [0.2, 0.25) is 5.02 Å². The predicted molar refractivity (Wildman–Crippen MR) is 59.9 cm³/mol. The van der Waals surface area contributed by atoms with E-state index in [1.54, 1.807) is 0 Å². The Kier molecular flexibility index (Phi) is 4.41. The lowest BCUT2D eigenvalue weighted by atomic mass is 10.1. The highest BCUT2D eigenvalue weighted by atomic mass is 127. The van der Waals surface area contributed by atoms with Gasteiger partial charge in [0.25, 0.3) is 0 Å². The first kappa shape index (κ1) is 11.2. The number of benzene rings is 1. The maximum atomic E-state index is 13.1. The third kappa shape index (κ3) is 3.07. The summed E-state index contributed by atoms with van der Waals surface area (Å²) in [5, 5.41) is 9.97. The highest BCUT2D eigenvalue weighted by Crippen LogP contribution is 2.23. The quantitative estimate of drug-likeness (QED) is 0.670. The molecule has 0 amide bonds. The van der Waals surface area contributed by atoms with Crippen LogP contribution in [0.5, 0.6) is 0 Å². The van der Waals surface area contributed by atoms with Crippen LogP contribution in [0.25, 0.3) is 0 Å². The monoisotopic (exact) mass is 314 g/mol. The van der Waals surface area contributed by atoms with Gasteiger partial charge in [0.15, 0.2) is 0 Å². The normalized spacial score (nSPS) is 12.9. The first-order chi connectivity index (χ1) is 6.15. The largest absolute Gasteiger partial charge is 0.388 e. The summed E-state index contributed by atoms with van der Waals surface area (Å²) in [5.41, 5.74) is 0.282. The van der Waals surface area contributed by atoms with Gasteiger partial charge in [-0.15, -0.1) is 0 Å². The van der Waals surface area contributed by atoms with Gasteiger partial charge in [0.1, 0.15) is 5.82 Å². The van der Waals surface area contributed by atoms with Crippen molar-refractivity contribution in [2.45, 2.75) is 12.5 Å². The van der Waals surface area contributed by atoms with Gasteiger partial charge in [0, 0.05) is 15.0 Å². The summed E-state index contributed by atoms with van der Waals surface area (Å²) in [6, 6.07) is 4.21. The molecule has 0 aliphatic rings. The molecule has 1 N–H and O–H groups in total. The third-order valence-corrected chi connectivity index (χ3v) is 2.56. The Hall–Kier alpha value is 0.130. The minimum absolute atomic E-state index is 0.282. The van der Waals surface area contributed by atoms with Crippen molar-refractivity contribution in [3.8, 4) is 0 Å². The Labute approximate surface area is 95.1 Å². The zero-order valence-electron chi connectivity index (χ0n) is 6.80. The van der Waals surface area contributed by atoms with E-state index in [2.05, 4.69) is 22.6 Å². The third-order valence-electron chi connectivity index (χ3n) is 1.70. The second-order valence-corrected chi connectivity index (χ2v) is 4.17. The van der Waals surface area contributed by atoms with Crippen molar-refractivity contribution in [1.82, 2.24) is 0 Å². The molecule has 0 aromatic heterocycles. The first-order valence-corrected chi connectivity index (χ1v) is 5.74. The van der Waals surface area contributed by atoms with Crippen molar-refractivity contribution in [2.75, 3.05) is 4.43 Å². The van der Waals surface area contributed by atoms with E-state index in [1.807, 2.05) is 0 Å². The molecule has 1 rings (SSSR count). The smallest absolute Gasteiger partial charge is 0.129 e. The Balaban J connectivity index is 2.91. The highest BCUT2D eigenvalue weighted by molar-refractivity contribution is 14.1. The number of aliphatic hydroxyl groups is 1. The van der Waals surface area contributed by atoms with Gasteiger partial charge in [-0.1, -0.05) is 34.2 Å². The molecule has 72 valence electrons. The first-order valence-electron chi connectivity index (χ1n) is 3.84. The summed E-state index contributed by atoms with van der Waals surface area (Å²) in [6.45, 7) is 0. The summed E-state index contributed by atoms with van der Waals surface area (Å²) in [7, 11) is 0. The molecule has 0 bridgehead atoms. The standard InChI is InChI=1S/C9H9ClFIO/c10-6-1-2-8(11)7(5-6)9(13)3-4-12/h1-2,5,9,13H,3-4H2. The minimum Gasteiger partial charge on any atom is -0.388 e. The maximum absolute atomic E-state index is 13.1. The Morgan fingerprint density at radius 3 is 2.85 bits per heavy atom. The number of alkyl halides is 1. The fourth-order valence-electron chi connectivity index (χ4n) is 1.03. The molecule has 0 aliphatic carbocycles. The van der Waals surface area contributed by atoms with E-state index in [-0.39, 0.29) is 5.56 Å². The molecule has 1 atom stereocenters. The minimum atomic E-state index is -0.754. The number of aliphatic hydroxyl groups excluding tert-OH is 1. The van der Waals surface area contributed by atoms with Gasteiger partial charge < -0.3 is 5.11 Å². The van der Waals surface area contributed by atoms with Crippen LogP contribution in [-0.4, -0.2) is 9.53 Å². The molecule has 1 aromatic rings. The lowest BCUT2D eigenvalue weighted by Crippen LogP contribution is -2.01. The summed E-state index contributed by atoms with van der Waals surface area (Å²) in [4.78, 5) is 0. The molecule has 0 spiro atoms. The number of hydrogen-bond donors (Lipinski definition) is 1. The van der Waals surface area contributed by atoms with Crippen molar-refractivity contribution in [2.24, 2.45) is 0 Å². The van der Waals surface area contributed by atoms with Crippen molar-refractivity contribution in [3.05, 3.63) is 34.6 Å². The van der Waals surface area contributed by atoms with Crippen LogP contribution in [0.3, 0.4) is 0 Å². The molecule has 0 aliphatic heterocycles. The Morgan fingerprint density at radius 1 is 1.54 bits per heavy atom. The SMILES string of the molecule is OC(CCI)c1cc(Cl)ccc1F. The molecule has 0 radical (unpaired) electrons. The van der Waals surface area contributed by atoms with Crippen LogP contribution in [-0.2, 0) is 0 Å². The van der Waals surface area contributed by atoms with Gasteiger partial charge in [-0.3, -0.25) is 0 Å². The Morgan fingerprint density at radius 2 is 2.23 bits per heavy atom. The average Bonchev–Trinajstić information content (AvgIpc) is 2.09. The zero-order valence-corrected chi connectivity index (χ0v) is 9.72. The van der Waals surface area contributed by atoms with Gasteiger partial charge in [-0.25, -0.2) is 4.39 Å². The molecule has 1 unspecified atom stereocenters. The topological polar surface area (TPSA) is 20.2 Å². The summed E-state index contributed by atoms with van der Waals surface area (Å²) in [6.07, 6.45) is -0.215. The molecule has 0 fully saturated rings. The fraction of sp³-hybridized carbons (Fsp3) is 0.333. The van der Waals surface area contributed by atoms with Crippen molar-refractivity contribution >= 4 is 34.2 Å². The second-order valence-electron chi connectivity index (χ2n) is 2.66. The van der Waals surface area contributed by atoms with Crippen LogP contribution in [0.15, 0.2) is 18.2 Å². The molecular weight excluding hydrogens is 305 g/mol. The van der Waals surface area contributed by atoms with Gasteiger partial charge >= 0.3 is 0 Å². The van der Waals surface area contributed by atoms with E-state index in [0.717, 1.165) is 4.43 Å². The lowest BCUT2D eigenvalue weighted by Gasteiger charge is -2.10. The van der Waals surface area contributed by atoms with Crippen molar-refractivity contribution in [1.29, 1.82) is 0 Å². The second kappa shape index (κ2) is 5.12. The van der Waals surface area contributed by atoms with Crippen LogP contribution in [0.1, 0.15) is 18.1 Å². The summed E-state index contributed by atoms with van der Waals surface area (Å²) >= 11 is 7.82. The van der Waals surface area contributed by atoms with Gasteiger partial charge in [-0.2, -0.15) is 0 Å².